The van der Waals surface area contributed by atoms with E-state index in [-0.39, 0.29) is 33.6 Å². The average molecular weight is 625 g/mol. The molecule has 42 heavy (non-hydrogen) atoms. The van der Waals surface area contributed by atoms with Crippen LogP contribution in [0.4, 0.5) is 5.69 Å². The first-order valence-corrected chi connectivity index (χ1v) is 15.4. The van der Waals surface area contributed by atoms with Crippen LogP contribution in [0.25, 0.3) is 0 Å². The summed E-state index contributed by atoms with van der Waals surface area (Å²) < 4.78 is 34.6. The lowest BCUT2D eigenvalue weighted by molar-refractivity contribution is 0.0792. The van der Waals surface area contributed by atoms with E-state index < -0.39 is 15.9 Å². The van der Waals surface area contributed by atoms with E-state index in [1.54, 1.807) is 48.5 Å². The average Bonchev–Trinajstić information content (AvgIpc) is 3.53. The smallest absolute Gasteiger partial charge is 0.261 e. The summed E-state index contributed by atoms with van der Waals surface area (Å²) in [6, 6.07) is 24.1. The number of benzene rings is 4. The van der Waals surface area contributed by atoms with Gasteiger partial charge in [-0.2, -0.15) is 0 Å². The van der Waals surface area contributed by atoms with E-state index in [9.17, 15) is 18.0 Å². The number of ether oxygens (including phenoxy) is 1. The van der Waals surface area contributed by atoms with E-state index in [0.29, 0.717) is 22.1 Å². The number of rotatable bonds is 9. The summed E-state index contributed by atoms with van der Waals surface area (Å²) in [5.74, 6) is 0.330. The lowest BCUT2D eigenvalue weighted by atomic mass is 10.1. The van der Waals surface area contributed by atoms with Gasteiger partial charge in [0.15, 0.2) is 0 Å². The van der Waals surface area contributed by atoms with Crippen LogP contribution in [0.5, 0.6) is 11.5 Å². The summed E-state index contributed by atoms with van der Waals surface area (Å²) in [7, 11) is -4.06. The molecule has 0 unspecified atom stereocenters. The number of sulfonamides is 1. The molecule has 1 heterocycles. The Labute approximate surface area is 254 Å². The van der Waals surface area contributed by atoms with Crippen molar-refractivity contribution in [2.45, 2.75) is 24.3 Å². The van der Waals surface area contributed by atoms with Gasteiger partial charge in [0.25, 0.3) is 21.8 Å². The van der Waals surface area contributed by atoms with Gasteiger partial charge in [-0.25, -0.2) is 8.42 Å². The normalized spacial score (nSPS) is 13.0. The molecule has 0 radical (unpaired) electrons. The van der Waals surface area contributed by atoms with Crippen LogP contribution in [0.3, 0.4) is 0 Å². The summed E-state index contributed by atoms with van der Waals surface area (Å²) in [6.45, 7) is 1.71. The van der Waals surface area contributed by atoms with E-state index in [1.807, 2.05) is 4.90 Å². The van der Waals surface area contributed by atoms with Crippen molar-refractivity contribution in [1.29, 1.82) is 0 Å². The number of halogens is 2. The second-order valence-electron chi connectivity index (χ2n) is 9.68. The molecule has 0 aliphatic carbocycles. The Hall–Kier alpha value is -4.05. The zero-order valence-corrected chi connectivity index (χ0v) is 24.7. The predicted octanol–water partition coefficient (Wildman–Crippen LogP) is 6.75. The van der Waals surface area contributed by atoms with Gasteiger partial charge < -0.3 is 15.0 Å². The summed E-state index contributed by atoms with van der Waals surface area (Å²) in [4.78, 5) is 27.5. The quantitative estimate of drug-likeness (QED) is 0.214. The number of carbonyl (C=O) groups excluding carboxylic acids is 2. The van der Waals surface area contributed by atoms with Gasteiger partial charge in [-0.15, -0.1) is 0 Å². The molecule has 8 nitrogen and oxygen atoms in total. The molecule has 1 saturated heterocycles. The topological polar surface area (TPSA) is 105 Å². The molecule has 0 aromatic heterocycles. The van der Waals surface area contributed by atoms with Crippen molar-refractivity contribution in [1.82, 2.24) is 10.2 Å². The van der Waals surface area contributed by atoms with Gasteiger partial charge in [-0.1, -0.05) is 47.5 Å². The minimum absolute atomic E-state index is 0.00157. The van der Waals surface area contributed by atoms with Gasteiger partial charge in [0.1, 0.15) is 11.5 Å². The molecule has 216 valence electrons. The van der Waals surface area contributed by atoms with Crippen molar-refractivity contribution in [2.75, 3.05) is 17.8 Å². The first-order valence-electron chi connectivity index (χ1n) is 13.2. The molecule has 2 N–H and O–H groups in total. The number of likely N-dealkylation sites (tertiary alicyclic amines) is 1. The Morgan fingerprint density at radius 2 is 1.55 bits per heavy atom. The van der Waals surface area contributed by atoms with E-state index in [4.69, 9.17) is 27.9 Å². The van der Waals surface area contributed by atoms with Crippen LogP contribution in [-0.2, 0) is 16.6 Å². The molecule has 4 aromatic rings. The lowest BCUT2D eigenvalue weighted by Gasteiger charge is -2.15. The van der Waals surface area contributed by atoms with Gasteiger partial charge in [0.05, 0.1) is 21.2 Å². The van der Waals surface area contributed by atoms with Crippen molar-refractivity contribution < 1.29 is 22.7 Å². The second-order valence-corrected chi connectivity index (χ2v) is 12.2. The summed E-state index contributed by atoms with van der Waals surface area (Å²) in [5.41, 5.74) is 1.51. The third kappa shape index (κ3) is 7.05. The number of anilines is 1. The zero-order valence-electron chi connectivity index (χ0n) is 22.3. The van der Waals surface area contributed by atoms with E-state index in [1.165, 1.54) is 42.5 Å². The summed E-state index contributed by atoms with van der Waals surface area (Å²) in [5, 5.41) is 3.49. The molecule has 1 fully saturated rings. The van der Waals surface area contributed by atoms with Crippen LogP contribution in [0.1, 0.15) is 39.1 Å². The summed E-state index contributed by atoms with van der Waals surface area (Å²) in [6.07, 6.45) is 2.03. The van der Waals surface area contributed by atoms with Gasteiger partial charge in [0.2, 0.25) is 0 Å². The number of amides is 2. The predicted molar refractivity (Wildman–Crippen MR) is 163 cm³/mol. The number of hydrogen-bond donors (Lipinski definition) is 2. The van der Waals surface area contributed by atoms with E-state index >= 15 is 0 Å². The fourth-order valence-electron chi connectivity index (χ4n) is 4.48. The van der Waals surface area contributed by atoms with Crippen molar-refractivity contribution in [2.24, 2.45) is 0 Å². The van der Waals surface area contributed by atoms with Crippen molar-refractivity contribution in [3.8, 4) is 11.5 Å². The third-order valence-corrected chi connectivity index (χ3v) is 8.65. The van der Waals surface area contributed by atoms with Crippen LogP contribution in [0, 0.1) is 0 Å². The van der Waals surface area contributed by atoms with Gasteiger partial charge >= 0.3 is 0 Å². The second kappa shape index (κ2) is 12.9. The monoisotopic (exact) mass is 623 g/mol. The maximum atomic E-state index is 13.2. The highest BCUT2D eigenvalue weighted by molar-refractivity contribution is 7.92. The standard InChI is InChI=1S/C31H27Cl2N3O5S/c32-23-11-16-28(35-42(39,40)25-14-12-24(13-15-25)41-29-6-2-1-5-27(29)33)26(19-23)30(37)34-20-21-7-9-22(10-8-21)31(38)36-17-3-4-18-36/h1-2,5-16,19,35H,3-4,17-18,20H2,(H,34,37). The highest BCUT2D eigenvalue weighted by atomic mass is 35.5. The number of para-hydroxylation sites is 1. The molecule has 0 bridgehead atoms. The molecule has 5 rings (SSSR count). The highest BCUT2D eigenvalue weighted by Crippen LogP contribution is 2.30. The van der Waals surface area contributed by atoms with Crippen molar-refractivity contribution >= 4 is 50.7 Å². The molecule has 1 aliphatic heterocycles. The fourth-order valence-corrected chi connectivity index (χ4v) is 5.91. The van der Waals surface area contributed by atoms with Crippen LogP contribution >= 0.6 is 23.2 Å². The minimum atomic E-state index is -4.06. The third-order valence-electron chi connectivity index (χ3n) is 6.72. The van der Waals surface area contributed by atoms with Crippen molar-refractivity contribution in [3.05, 3.63) is 118 Å². The molecule has 0 atom stereocenters. The van der Waals surface area contributed by atoms with Crippen LogP contribution in [0.15, 0.2) is 95.9 Å². The maximum Gasteiger partial charge on any atom is 0.261 e. The molecule has 2 amide bonds. The van der Waals surface area contributed by atoms with Crippen LogP contribution in [0.2, 0.25) is 10.0 Å². The molecule has 4 aromatic carbocycles. The van der Waals surface area contributed by atoms with Gasteiger partial charge in [0, 0.05) is 30.2 Å². The number of hydrogen-bond acceptors (Lipinski definition) is 5. The van der Waals surface area contributed by atoms with E-state index in [2.05, 4.69) is 10.0 Å². The number of nitrogens with zero attached hydrogens (tertiary/aromatic N) is 1. The first-order chi connectivity index (χ1) is 20.2. The van der Waals surface area contributed by atoms with E-state index in [0.717, 1.165) is 31.5 Å². The largest absolute Gasteiger partial charge is 0.456 e. The Morgan fingerprint density at radius 3 is 2.24 bits per heavy atom. The Bertz CT molecular complexity index is 1710. The minimum Gasteiger partial charge on any atom is -0.456 e. The summed E-state index contributed by atoms with van der Waals surface area (Å²) >= 11 is 12.3. The molecule has 11 heteroatoms. The van der Waals surface area contributed by atoms with Crippen LogP contribution in [-0.4, -0.2) is 38.2 Å². The lowest BCUT2D eigenvalue weighted by Crippen LogP contribution is -2.27. The van der Waals surface area contributed by atoms with Crippen molar-refractivity contribution in [3.63, 3.8) is 0 Å². The van der Waals surface area contributed by atoms with Crippen LogP contribution < -0.4 is 14.8 Å². The molecule has 0 spiro atoms. The molecule has 0 saturated carbocycles. The number of carbonyl (C=O) groups is 2. The highest BCUT2D eigenvalue weighted by Gasteiger charge is 2.21. The Balaban J connectivity index is 1.25. The Morgan fingerprint density at radius 1 is 0.857 bits per heavy atom. The molecule has 1 aliphatic rings. The van der Waals surface area contributed by atoms with Gasteiger partial charge in [-0.05, 0) is 85.1 Å². The fraction of sp³-hybridized carbons (Fsp3) is 0.161. The SMILES string of the molecule is O=C(NCc1ccc(C(=O)N2CCCC2)cc1)c1cc(Cl)ccc1NS(=O)(=O)c1ccc(Oc2ccccc2Cl)cc1. The zero-order chi connectivity index (χ0) is 29.7. The molecular weight excluding hydrogens is 597 g/mol. The number of nitrogens with one attached hydrogen (secondary N) is 2. The van der Waals surface area contributed by atoms with Gasteiger partial charge in [-0.3, -0.25) is 14.3 Å². The first kappa shape index (κ1) is 29.4. The maximum absolute atomic E-state index is 13.2. The Kier molecular flexibility index (Phi) is 9.01. The molecular formula is C31H27Cl2N3O5S.